The van der Waals surface area contributed by atoms with Gasteiger partial charge in [0.1, 0.15) is 11.9 Å². The van der Waals surface area contributed by atoms with E-state index in [1.54, 1.807) is 6.07 Å². The third-order valence-electron chi connectivity index (χ3n) is 3.56. The highest BCUT2D eigenvalue weighted by Gasteiger charge is 2.41. The van der Waals surface area contributed by atoms with E-state index in [9.17, 15) is 18.8 Å². The molecule has 4 amide bonds. The molecule has 1 aromatic rings. The molecule has 0 aliphatic carbocycles. The van der Waals surface area contributed by atoms with Gasteiger partial charge in [-0.3, -0.25) is 14.5 Å². The van der Waals surface area contributed by atoms with Gasteiger partial charge in [-0.2, -0.15) is 0 Å². The average Bonchev–Trinajstić information content (AvgIpc) is 2.67. The summed E-state index contributed by atoms with van der Waals surface area (Å²) < 4.78 is 13.7. The number of halogens is 2. The summed E-state index contributed by atoms with van der Waals surface area (Å²) in [7, 11) is 2.82. The van der Waals surface area contributed by atoms with Crippen LogP contribution in [0.25, 0.3) is 0 Å². The van der Waals surface area contributed by atoms with E-state index in [-0.39, 0.29) is 23.6 Å². The number of likely N-dealkylation sites (N-methyl/N-ethyl adjacent to an activating group) is 2. The topological polar surface area (TPSA) is 69.7 Å². The third-order valence-corrected chi connectivity index (χ3v) is 3.85. The van der Waals surface area contributed by atoms with Gasteiger partial charge < -0.3 is 10.2 Å². The van der Waals surface area contributed by atoms with E-state index in [1.165, 1.54) is 31.1 Å². The minimum Gasteiger partial charge on any atom is -0.352 e. The highest BCUT2D eigenvalue weighted by Crippen LogP contribution is 2.18. The van der Waals surface area contributed by atoms with E-state index < -0.39 is 29.7 Å². The van der Waals surface area contributed by atoms with Crippen LogP contribution in [-0.4, -0.2) is 47.8 Å². The van der Waals surface area contributed by atoms with Gasteiger partial charge in [0, 0.05) is 26.2 Å². The number of hydrogen-bond acceptors (Lipinski definition) is 3. The Labute approximate surface area is 131 Å². The maximum atomic E-state index is 13.7. The zero-order chi connectivity index (χ0) is 16.4. The van der Waals surface area contributed by atoms with Gasteiger partial charge in [-0.25, -0.2) is 9.18 Å². The zero-order valence-corrected chi connectivity index (χ0v) is 12.9. The Balaban J connectivity index is 1.95. The fourth-order valence-corrected chi connectivity index (χ4v) is 2.40. The van der Waals surface area contributed by atoms with Crippen molar-refractivity contribution < 1.29 is 18.8 Å². The smallest absolute Gasteiger partial charge is 0.326 e. The van der Waals surface area contributed by atoms with Gasteiger partial charge in [-0.05, 0) is 6.07 Å². The number of imide groups is 1. The van der Waals surface area contributed by atoms with Gasteiger partial charge in [0.25, 0.3) is 5.91 Å². The lowest BCUT2D eigenvalue weighted by atomic mass is 10.1. The lowest BCUT2D eigenvalue weighted by Gasteiger charge is -2.15. The zero-order valence-electron chi connectivity index (χ0n) is 12.1. The molecule has 0 saturated carbocycles. The molecule has 1 aliphatic heterocycles. The van der Waals surface area contributed by atoms with E-state index in [2.05, 4.69) is 5.32 Å². The molecule has 1 fully saturated rings. The minimum absolute atomic E-state index is 0.0234. The average molecular weight is 328 g/mol. The van der Waals surface area contributed by atoms with Crippen molar-refractivity contribution >= 4 is 29.4 Å². The molecule has 118 valence electrons. The molecule has 1 aromatic carbocycles. The van der Waals surface area contributed by atoms with E-state index in [1.807, 2.05) is 0 Å². The Morgan fingerprint density at radius 2 is 2.05 bits per heavy atom. The molecule has 22 heavy (non-hydrogen) atoms. The van der Waals surface area contributed by atoms with Gasteiger partial charge in [-0.1, -0.05) is 23.7 Å². The van der Waals surface area contributed by atoms with Crippen LogP contribution in [0.3, 0.4) is 0 Å². The van der Waals surface area contributed by atoms with Crippen LogP contribution in [0.5, 0.6) is 0 Å². The van der Waals surface area contributed by atoms with Gasteiger partial charge >= 0.3 is 6.03 Å². The van der Waals surface area contributed by atoms with E-state index >= 15 is 0 Å². The van der Waals surface area contributed by atoms with Crippen molar-refractivity contribution in [2.75, 3.05) is 14.1 Å². The van der Waals surface area contributed by atoms with E-state index in [0.29, 0.717) is 0 Å². The fraction of sp³-hybridized carbons (Fsp3) is 0.357. The summed E-state index contributed by atoms with van der Waals surface area (Å²) >= 11 is 5.65. The molecule has 1 heterocycles. The minimum atomic E-state index is -0.832. The molecule has 8 heteroatoms. The van der Waals surface area contributed by atoms with Crippen LogP contribution in [-0.2, 0) is 16.1 Å². The molecule has 0 unspecified atom stereocenters. The van der Waals surface area contributed by atoms with Crippen molar-refractivity contribution in [2.45, 2.75) is 19.0 Å². The second kappa shape index (κ2) is 6.31. The van der Waals surface area contributed by atoms with Crippen LogP contribution in [0, 0.1) is 5.82 Å². The Bertz CT molecular complexity index is 638. The molecule has 1 aliphatic rings. The number of urea groups is 1. The number of nitrogens with zero attached hydrogens (tertiary/aromatic N) is 2. The second-order valence-corrected chi connectivity index (χ2v) is 5.41. The predicted octanol–water partition coefficient (Wildman–Crippen LogP) is 1.38. The number of hydrogen-bond donors (Lipinski definition) is 1. The standard InChI is InChI=1S/C14H15ClFN3O3/c1-18-10(13(21)19(2)14(18)22)6-11(20)17-7-8-4-3-5-9(15)12(8)16/h3-5,10H,6-7H2,1-2H3,(H,17,20)/t10-/m1/s1. The maximum Gasteiger partial charge on any atom is 0.326 e. The second-order valence-electron chi connectivity index (χ2n) is 5.00. The maximum absolute atomic E-state index is 13.7. The summed E-state index contributed by atoms with van der Waals surface area (Å²) in [6, 6.07) is 3.21. The summed E-state index contributed by atoms with van der Waals surface area (Å²) in [4.78, 5) is 37.5. The molecule has 0 radical (unpaired) electrons. The lowest BCUT2D eigenvalue weighted by Crippen LogP contribution is -2.37. The summed E-state index contributed by atoms with van der Waals surface area (Å²) in [6.07, 6.45) is -0.173. The number of rotatable bonds is 4. The molecule has 1 atom stereocenters. The summed E-state index contributed by atoms with van der Waals surface area (Å²) in [5.41, 5.74) is 0.250. The first-order valence-electron chi connectivity index (χ1n) is 6.57. The van der Waals surface area contributed by atoms with E-state index in [4.69, 9.17) is 11.6 Å². The first-order valence-corrected chi connectivity index (χ1v) is 6.94. The fourth-order valence-electron chi connectivity index (χ4n) is 2.20. The van der Waals surface area contributed by atoms with Crippen LogP contribution >= 0.6 is 11.6 Å². The molecule has 6 nitrogen and oxygen atoms in total. The van der Waals surface area contributed by atoms with Crippen molar-refractivity contribution in [3.05, 3.63) is 34.6 Å². The molecule has 1 saturated heterocycles. The number of carbonyl (C=O) groups is 3. The Morgan fingerprint density at radius 1 is 1.36 bits per heavy atom. The van der Waals surface area contributed by atoms with Crippen molar-refractivity contribution in [1.82, 2.24) is 15.1 Å². The lowest BCUT2D eigenvalue weighted by molar-refractivity contribution is -0.131. The largest absolute Gasteiger partial charge is 0.352 e. The SMILES string of the molecule is CN1C(=O)[C@@H](CC(=O)NCc2cccc(Cl)c2F)N(C)C1=O. The first kappa shape index (κ1) is 16.2. The Morgan fingerprint density at radius 3 is 2.64 bits per heavy atom. The van der Waals surface area contributed by atoms with Crippen molar-refractivity contribution in [2.24, 2.45) is 0 Å². The summed E-state index contributed by atoms with van der Waals surface area (Å²) in [6.45, 7) is -0.0420. The number of carbonyl (C=O) groups excluding carboxylic acids is 3. The summed E-state index contributed by atoms with van der Waals surface area (Å²) in [5.74, 6) is -1.47. The van der Waals surface area contributed by atoms with Gasteiger partial charge in [0.05, 0.1) is 11.4 Å². The van der Waals surface area contributed by atoms with Crippen LogP contribution in [0.1, 0.15) is 12.0 Å². The van der Waals surface area contributed by atoms with Gasteiger partial charge in [0.15, 0.2) is 0 Å². The molecule has 1 N–H and O–H groups in total. The molecule has 0 bridgehead atoms. The molecular formula is C14H15ClFN3O3. The third kappa shape index (κ3) is 3.04. The predicted molar refractivity (Wildman–Crippen MR) is 77.6 cm³/mol. The Kier molecular flexibility index (Phi) is 4.65. The molecule has 0 aromatic heterocycles. The molecular weight excluding hydrogens is 313 g/mol. The number of benzene rings is 1. The normalized spacial score (nSPS) is 18.1. The van der Waals surface area contributed by atoms with Gasteiger partial charge in [0.2, 0.25) is 5.91 Å². The van der Waals surface area contributed by atoms with Crippen molar-refractivity contribution in [3.8, 4) is 0 Å². The van der Waals surface area contributed by atoms with E-state index in [0.717, 1.165) is 4.90 Å². The quantitative estimate of drug-likeness (QED) is 0.849. The first-order chi connectivity index (χ1) is 10.3. The highest BCUT2D eigenvalue weighted by molar-refractivity contribution is 6.30. The summed E-state index contributed by atoms with van der Waals surface area (Å²) in [5, 5.41) is 2.49. The van der Waals surface area contributed by atoms with Crippen LogP contribution in [0.2, 0.25) is 5.02 Å². The number of amides is 4. The molecule has 0 spiro atoms. The van der Waals surface area contributed by atoms with Crippen LogP contribution in [0.4, 0.5) is 9.18 Å². The van der Waals surface area contributed by atoms with Gasteiger partial charge in [-0.15, -0.1) is 0 Å². The van der Waals surface area contributed by atoms with Crippen LogP contribution < -0.4 is 5.32 Å². The van der Waals surface area contributed by atoms with Crippen molar-refractivity contribution in [3.63, 3.8) is 0 Å². The monoisotopic (exact) mass is 327 g/mol. The van der Waals surface area contributed by atoms with Crippen molar-refractivity contribution in [1.29, 1.82) is 0 Å². The number of nitrogens with one attached hydrogen (secondary N) is 1. The Hall–Kier alpha value is -2.15. The molecule has 2 rings (SSSR count). The van der Waals surface area contributed by atoms with Crippen LogP contribution in [0.15, 0.2) is 18.2 Å². The highest BCUT2D eigenvalue weighted by atomic mass is 35.5.